The van der Waals surface area contributed by atoms with E-state index in [1.54, 1.807) is 10.8 Å². The number of aromatic nitrogens is 7. The number of H-pyrrole nitrogens is 1. The summed E-state index contributed by atoms with van der Waals surface area (Å²) in [5, 5.41) is 15.5. The predicted molar refractivity (Wildman–Crippen MR) is 116 cm³/mol. The molecule has 1 aliphatic heterocycles. The summed E-state index contributed by atoms with van der Waals surface area (Å²) in [6, 6.07) is 2.12. The Bertz CT molecular complexity index is 1170. The molecule has 0 amide bonds. The van der Waals surface area contributed by atoms with Crippen LogP contribution in [0.15, 0.2) is 31.0 Å². The van der Waals surface area contributed by atoms with E-state index >= 15 is 0 Å². The molecule has 0 spiro atoms. The van der Waals surface area contributed by atoms with Crippen molar-refractivity contribution in [1.29, 1.82) is 0 Å². The summed E-state index contributed by atoms with van der Waals surface area (Å²) in [5.41, 5.74) is 6.91. The minimum Gasteiger partial charge on any atom is -0.338 e. The van der Waals surface area contributed by atoms with Crippen molar-refractivity contribution in [2.24, 2.45) is 0 Å². The lowest BCUT2D eigenvalue weighted by molar-refractivity contribution is 0.580. The van der Waals surface area contributed by atoms with Crippen molar-refractivity contribution in [1.82, 2.24) is 40.1 Å². The average molecular weight is 403 g/mol. The van der Waals surface area contributed by atoms with Gasteiger partial charge < -0.3 is 10.2 Å². The van der Waals surface area contributed by atoms with Crippen molar-refractivity contribution in [3.05, 3.63) is 42.1 Å². The minimum absolute atomic E-state index is 0.272. The molecule has 0 saturated carbocycles. The Balaban J connectivity index is 1.54. The molecular formula is C21H25N9. The fourth-order valence-electron chi connectivity index (χ4n) is 4.06. The minimum atomic E-state index is 0.272. The third kappa shape index (κ3) is 3.21. The molecular weight excluding hydrogens is 378 g/mol. The third-order valence-corrected chi connectivity index (χ3v) is 5.54. The number of nitrogens with zero attached hydrogens (tertiary/aromatic N) is 7. The van der Waals surface area contributed by atoms with E-state index in [9.17, 15) is 0 Å². The van der Waals surface area contributed by atoms with Gasteiger partial charge >= 0.3 is 0 Å². The number of aromatic amines is 1. The maximum absolute atomic E-state index is 4.65. The summed E-state index contributed by atoms with van der Waals surface area (Å²) in [6.45, 7) is 10.2. The van der Waals surface area contributed by atoms with Gasteiger partial charge in [-0.25, -0.2) is 19.5 Å². The smallest absolute Gasteiger partial charge is 0.225 e. The lowest BCUT2D eigenvalue weighted by Gasteiger charge is -2.27. The Kier molecular flexibility index (Phi) is 4.66. The summed E-state index contributed by atoms with van der Waals surface area (Å²) >= 11 is 0. The second-order valence-corrected chi connectivity index (χ2v) is 7.96. The van der Waals surface area contributed by atoms with Gasteiger partial charge in [-0.05, 0) is 24.5 Å². The normalized spacial score (nSPS) is 14.7. The van der Waals surface area contributed by atoms with Crippen LogP contribution in [-0.2, 0) is 0 Å². The molecule has 0 radical (unpaired) electrons. The van der Waals surface area contributed by atoms with Crippen LogP contribution in [0, 0.1) is 6.92 Å². The summed E-state index contributed by atoms with van der Waals surface area (Å²) in [4.78, 5) is 15.8. The second kappa shape index (κ2) is 7.49. The van der Waals surface area contributed by atoms with E-state index in [0.29, 0.717) is 0 Å². The Morgan fingerprint density at radius 2 is 1.80 bits per heavy atom. The van der Waals surface area contributed by atoms with Crippen molar-refractivity contribution in [3.63, 3.8) is 0 Å². The van der Waals surface area contributed by atoms with Crippen molar-refractivity contribution in [2.45, 2.75) is 26.7 Å². The van der Waals surface area contributed by atoms with E-state index in [1.807, 2.05) is 25.5 Å². The Morgan fingerprint density at radius 3 is 2.53 bits per heavy atom. The molecule has 0 aromatic carbocycles. The van der Waals surface area contributed by atoms with Gasteiger partial charge in [-0.1, -0.05) is 13.8 Å². The number of hydrogen-bond donors (Lipinski definition) is 2. The molecule has 9 heteroatoms. The highest BCUT2D eigenvalue weighted by atomic mass is 15.3. The van der Waals surface area contributed by atoms with Gasteiger partial charge in [0, 0.05) is 61.5 Å². The number of pyridine rings is 1. The van der Waals surface area contributed by atoms with Crippen molar-refractivity contribution < 1.29 is 0 Å². The number of piperazine rings is 1. The van der Waals surface area contributed by atoms with E-state index < -0.39 is 0 Å². The number of rotatable bonds is 4. The highest BCUT2D eigenvalue weighted by Crippen LogP contribution is 2.35. The molecule has 4 aromatic heterocycles. The maximum atomic E-state index is 4.65. The summed E-state index contributed by atoms with van der Waals surface area (Å²) < 4.78 is 1.81. The van der Waals surface area contributed by atoms with Crippen LogP contribution in [-0.4, -0.2) is 60.9 Å². The van der Waals surface area contributed by atoms with Gasteiger partial charge in [-0.3, -0.25) is 5.10 Å². The number of aryl methyl sites for hydroxylation is 1. The lowest BCUT2D eigenvalue weighted by atomic mass is 9.95. The first-order valence-corrected chi connectivity index (χ1v) is 10.3. The Hall–Kier alpha value is -3.33. The van der Waals surface area contributed by atoms with E-state index in [1.165, 1.54) is 0 Å². The molecule has 30 heavy (non-hydrogen) atoms. The summed E-state index contributed by atoms with van der Waals surface area (Å²) in [5.74, 6) is 1.04. The van der Waals surface area contributed by atoms with E-state index in [2.05, 4.69) is 60.4 Å². The van der Waals surface area contributed by atoms with Crippen LogP contribution >= 0.6 is 0 Å². The number of anilines is 1. The SMILES string of the molecule is Cc1cc(-c2[nH]nc(-c3cnc(N4CCNCC4)nc3)c2C(C)C)cn2ncnc12. The Labute approximate surface area is 174 Å². The second-order valence-electron chi connectivity index (χ2n) is 7.96. The molecule has 0 unspecified atom stereocenters. The number of nitrogens with one attached hydrogen (secondary N) is 2. The monoisotopic (exact) mass is 403 g/mol. The van der Waals surface area contributed by atoms with Gasteiger partial charge in [-0.15, -0.1) is 0 Å². The van der Waals surface area contributed by atoms with Gasteiger partial charge in [-0.2, -0.15) is 10.2 Å². The largest absolute Gasteiger partial charge is 0.338 e. The van der Waals surface area contributed by atoms with Gasteiger partial charge in [0.2, 0.25) is 5.95 Å². The van der Waals surface area contributed by atoms with E-state index in [-0.39, 0.29) is 5.92 Å². The molecule has 1 fully saturated rings. The molecule has 0 aliphatic carbocycles. The van der Waals surface area contributed by atoms with Crippen molar-refractivity contribution >= 4 is 11.6 Å². The van der Waals surface area contributed by atoms with Crippen LogP contribution in [0.1, 0.15) is 30.9 Å². The zero-order chi connectivity index (χ0) is 20.7. The van der Waals surface area contributed by atoms with Crippen LogP contribution in [0.3, 0.4) is 0 Å². The van der Waals surface area contributed by atoms with Gasteiger partial charge in [0.1, 0.15) is 6.33 Å². The molecule has 154 valence electrons. The first-order chi connectivity index (χ1) is 14.6. The van der Waals surface area contributed by atoms with Gasteiger partial charge in [0.05, 0.1) is 11.4 Å². The third-order valence-electron chi connectivity index (χ3n) is 5.54. The maximum Gasteiger partial charge on any atom is 0.225 e. The van der Waals surface area contributed by atoms with Crippen LogP contribution < -0.4 is 10.2 Å². The highest BCUT2D eigenvalue weighted by Gasteiger charge is 2.21. The topological polar surface area (TPSA) is 99.9 Å². The first kappa shape index (κ1) is 18.7. The highest BCUT2D eigenvalue weighted by molar-refractivity contribution is 5.75. The van der Waals surface area contributed by atoms with Crippen LogP contribution in [0.2, 0.25) is 0 Å². The predicted octanol–water partition coefficient (Wildman–Crippen LogP) is 2.42. The zero-order valence-electron chi connectivity index (χ0n) is 17.4. The quantitative estimate of drug-likeness (QED) is 0.540. The molecule has 1 aliphatic rings. The average Bonchev–Trinajstić information content (AvgIpc) is 3.42. The molecule has 0 atom stereocenters. The van der Waals surface area contributed by atoms with Crippen LogP contribution in [0.25, 0.3) is 28.2 Å². The lowest BCUT2D eigenvalue weighted by Crippen LogP contribution is -2.44. The number of fused-ring (bicyclic) bond motifs is 1. The molecule has 9 nitrogen and oxygen atoms in total. The standard InChI is InChI=1S/C21H25N9/c1-13(2)17-18(15-8-14(3)20-25-12-26-30(20)11-15)27-28-19(17)16-9-23-21(24-10-16)29-6-4-22-5-7-29/h8-13,22H,4-7H2,1-3H3,(H,27,28). The fraction of sp³-hybridized carbons (Fsp3) is 0.381. The van der Waals surface area contributed by atoms with Crippen molar-refractivity contribution in [2.75, 3.05) is 31.1 Å². The Morgan fingerprint density at radius 1 is 1.03 bits per heavy atom. The van der Waals surface area contributed by atoms with Crippen LogP contribution in [0.4, 0.5) is 5.95 Å². The molecule has 5 heterocycles. The van der Waals surface area contributed by atoms with E-state index in [4.69, 9.17) is 0 Å². The first-order valence-electron chi connectivity index (χ1n) is 10.3. The van der Waals surface area contributed by atoms with Crippen LogP contribution in [0.5, 0.6) is 0 Å². The van der Waals surface area contributed by atoms with Crippen molar-refractivity contribution in [3.8, 4) is 22.5 Å². The molecule has 0 bridgehead atoms. The zero-order valence-corrected chi connectivity index (χ0v) is 17.4. The summed E-state index contributed by atoms with van der Waals surface area (Å²) in [6.07, 6.45) is 7.32. The van der Waals surface area contributed by atoms with Gasteiger partial charge in [0.15, 0.2) is 5.65 Å². The summed E-state index contributed by atoms with van der Waals surface area (Å²) in [7, 11) is 0. The molecule has 5 rings (SSSR count). The fourth-order valence-corrected chi connectivity index (χ4v) is 4.06. The molecule has 4 aromatic rings. The molecule has 2 N–H and O–H groups in total. The molecule has 1 saturated heterocycles. The van der Waals surface area contributed by atoms with Gasteiger partial charge in [0.25, 0.3) is 0 Å². The number of hydrogen-bond acceptors (Lipinski definition) is 7. The van der Waals surface area contributed by atoms with E-state index in [0.717, 1.165) is 71.4 Å².